The number of nitrogens with zero attached hydrogens (tertiary/aromatic N) is 1. The van der Waals surface area contributed by atoms with Crippen LogP contribution in [-0.2, 0) is 6.18 Å². The number of hydrogen-bond donors (Lipinski definition) is 1. The molecule has 1 fully saturated rings. The van der Waals surface area contributed by atoms with Crippen LogP contribution in [0.5, 0.6) is 0 Å². The number of halogens is 3. The van der Waals surface area contributed by atoms with Crippen molar-refractivity contribution in [1.29, 1.82) is 0 Å². The van der Waals surface area contributed by atoms with Crippen molar-refractivity contribution in [3.05, 3.63) is 47.3 Å². The van der Waals surface area contributed by atoms with Gasteiger partial charge in [0, 0.05) is 11.6 Å². The largest absolute Gasteiger partial charge is 0.416 e. The third kappa shape index (κ3) is 2.91. The highest BCUT2D eigenvalue weighted by Crippen LogP contribution is 2.41. The highest BCUT2D eigenvalue weighted by molar-refractivity contribution is 6.04. The number of carbonyl (C=O) groups is 1. The SMILES string of the molecule is O=C(Nc1ccc(C(F)(F)F)cc1)c1cnoc1C1CC1. The standard InChI is InChI=1S/C14H11F3N2O2/c15-14(16,17)9-3-5-10(6-4-9)19-13(20)11-7-18-21-12(11)8-1-2-8/h3-8H,1-2H2,(H,19,20). The Bertz CT molecular complexity index is 658. The normalized spacial score (nSPS) is 15.0. The number of hydrogen-bond acceptors (Lipinski definition) is 3. The van der Waals surface area contributed by atoms with Crippen LogP contribution in [0.1, 0.15) is 40.4 Å². The number of benzene rings is 1. The molecule has 0 radical (unpaired) electrons. The number of alkyl halides is 3. The Balaban J connectivity index is 1.74. The van der Waals surface area contributed by atoms with Gasteiger partial charge in [0.1, 0.15) is 5.56 Å². The zero-order valence-corrected chi connectivity index (χ0v) is 10.8. The van der Waals surface area contributed by atoms with Crippen molar-refractivity contribution in [1.82, 2.24) is 5.16 Å². The number of aromatic nitrogens is 1. The van der Waals surface area contributed by atoms with Crippen molar-refractivity contribution < 1.29 is 22.5 Å². The van der Waals surface area contributed by atoms with Crippen molar-refractivity contribution in [2.24, 2.45) is 0 Å². The van der Waals surface area contributed by atoms with Crippen molar-refractivity contribution in [2.45, 2.75) is 24.9 Å². The molecular formula is C14H11F3N2O2. The van der Waals surface area contributed by atoms with E-state index in [-0.39, 0.29) is 11.6 Å². The lowest BCUT2D eigenvalue weighted by Crippen LogP contribution is -2.13. The van der Waals surface area contributed by atoms with Crippen LogP contribution in [0.2, 0.25) is 0 Å². The summed E-state index contributed by atoms with van der Waals surface area (Å²) in [5.41, 5.74) is -0.141. The summed E-state index contributed by atoms with van der Waals surface area (Å²) in [7, 11) is 0. The second kappa shape index (κ2) is 4.91. The predicted octanol–water partition coefficient (Wildman–Crippen LogP) is 3.82. The first-order valence-corrected chi connectivity index (χ1v) is 6.38. The number of nitrogens with one attached hydrogen (secondary N) is 1. The van der Waals surface area contributed by atoms with Gasteiger partial charge in [-0.15, -0.1) is 0 Å². The third-order valence-electron chi connectivity index (χ3n) is 3.26. The van der Waals surface area contributed by atoms with Crippen LogP contribution >= 0.6 is 0 Å². The minimum atomic E-state index is -4.39. The smallest absolute Gasteiger partial charge is 0.360 e. The molecule has 1 aliphatic rings. The summed E-state index contributed by atoms with van der Waals surface area (Å²) in [4.78, 5) is 12.1. The fraction of sp³-hybridized carbons (Fsp3) is 0.286. The molecule has 0 bridgehead atoms. The van der Waals surface area contributed by atoms with Gasteiger partial charge in [0.2, 0.25) is 0 Å². The molecule has 1 N–H and O–H groups in total. The van der Waals surface area contributed by atoms with Crippen molar-refractivity contribution in [3.8, 4) is 0 Å². The van der Waals surface area contributed by atoms with E-state index in [2.05, 4.69) is 10.5 Å². The quantitative estimate of drug-likeness (QED) is 0.936. The molecule has 3 rings (SSSR count). The Hall–Kier alpha value is -2.31. The van der Waals surface area contributed by atoms with E-state index in [9.17, 15) is 18.0 Å². The van der Waals surface area contributed by atoms with Crippen LogP contribution in [0.25, 0.3) is 0 Å². The Morgan fingerprint density at radius 2 is 1.90 bits per heavy atom. The lowest BCUT2D eigenvalue weighted by molar-refractivity contribution is -0.137. The molecule has 1 aromatic carbocycles. The predicted molar refractivity (Wildman–Crippen MR) is 67.9 cm³/mol. The zero-order valence-electron chi connectivity index (χ0n) is 10.8. The first kappa shape index (κ1) is 13.7. The lowest BCUT2D eigenvalue weighted by Gasteiger charge is -2.08. The molecule has 0 aliphatic heterocycles. The molecule has 0 saturated heterocycles. The van der Waals surface area contributed by atoms with Gasteiger partial charge in [-0.05, 0) is 37.1 Å². The van der Waals surface area contributed by atoms with E-state index >= 15 is 0 Å². The van der Waals surface area contributed by atoms with E-state index < -0.39 is 17.6 Å². The molecule has 0 spiro atoms. The molecule has 2 aromatic rings. The van der Waals surface area contributed by atoms with Crippen LogP contribution in [0, 0.1) is 0 Å². The first-order chi connectivity index (χ1) is 9.95. The second-order valence-electron chi connectivity index (χ2n) is 4.91. The van der Waals surface area contributed by atoms with Crippen LogP contribution in [0.15, 0.2) is 35.0 Å². The van der Waals surface area contributed by atoms with Gasteiger partial charge < -0.3 is 9.84 Å². The molecule has 1 amide bonds. The minimum Gasteiger partial charge on any atom is -0.360 e. The van der Waals surface area contributed by atoms with E-state index in [1.54, 1.807) is 0 Å². The Labute approximate surface area is 117 Å². The third-order valence-corrected chi connectivity index (χ3v) is 3.26. The molecule has 4 nitrogen and oxygen atoms in total. The number of rotatable bonds is 3. The second-order valence-corrected chi connectivity index (χ2v) is 4.91. The number of carbonyl (C=O) groups excluding carboxylic acids is 1. The summed E-state index contributed by atoms with van der Waals surface area (Å²) >= 11 is 0. The Morgan fingerprint density at radius 3 is 2.48 bits per heavy atom. The maximum atomic E-state index is 12.4. The monoisotopic (exact) mass is 296 g/mol. The summed E-state index contributed by atoms with van der Waals surface area (Å²) in [6.45, 7) is 0. The summed E-state index contributed by atoms with van der Waals surface area (Å²) in [6, 6.07) is 4.27. The topological polar surface area (TPSA) is 55.1 Å². The fourth-order valence-electron chi connectivity index (χ4n) is 2.00. The molecule has 1 saturated carbocycles. The molecule has 7 heteroatoms. The lowest BCUT2D eigenvalue weighted by atomic mass is 10.1. The molecule has 110 valence electrons. The first-order valence-electron chi connectivity index (χ1n) is 6.38. The average molecular weight is 296 g/mol. The van der Waals surface area contributed by atoms with Crippen LogP contribution < -0.4 is 5.32 Å². The number of anilines is 1. The fourth-order valence-corrected chi connectivity index (χ4v) is 2.00. The highest BCUT2D eigenvalue weighted by atomic mass is 19.4. The van der Waals surface area contributed by atoms with Gasteiger partial charge in [0.05, 0.1) is 11.8 Å². The van der Waals surface area contributed by atoms with E-state index in [4.69, 9.17) is 4.52 Å². The van der Waals surface area contributed by atoms with Gasteiger partial charge >= 0.3 is 6.18 Å². The van der Waals surface area contributed by atoms with Gasteiger partial charge in [0.25, 0.3) is 5.91 Å². The molecule has 1 aliphatic carbocycles. The van der Waals surface area contributed by atoms with E-state index in [1.807, 2.05) is 0 Å². The zero-order chi connectivity index (χ0) is 15.0. The van der Waals surface area contributed by atoms with Gasteiger partial charge in [-0.3, -0.25) is 4.79 Å². The van der Waals surface area contributed by atoms with Crippen molar-refractivity contribution >= 4 is 11.6 Å². The van der Waals surface area contributed by atoms with Gasteiger partial charge in [-0.2, -0.15) is 13.2 Å². The van der Waals surface area contributed by atoms with Crippen molar-refractivity contribution in [2.75, 3.05) is 5.32 Å². The molecule has 1 aromatic heterocycles. The maximum absolute atomic E-state index is 12.4. The summed E-state index contributed by atoms with van der Waals surface area (Å²) < 4.78 is 42.4. The summed E-state index contributed by atoms with van der Waals surface area (Å²) in [5, 5.41) is 6.15. The summed E-state index contributed by atoms with van der Waals surface area (Å²) in [6.07, 6.45) is -1.16. The van der Waals surface area contributed by atoms with E-state index in [0.717, 1.165) is 25.0 Å². The number of amides is 1. The molecule has 1 heterocycles. The van der Waals surface area contributed by atoms with Gasteiger partial charge in [-0.1, -0.05) is 5.16 Å². The Kier molecular flexibility index (Phi) is 3.19. The van der Waals surface area contributed by atoms with E-state index in [1.165, 1.54) is 18.3 Å². The maximum Gasteiger partial charge on any atom is 0.416 e. The van der Waals surface area contributed by atoms with Gasteiger partial charge in [0.15, 0.2) is 5.76 Å². The summed E-state index contributed by atoms with van der Waals surface area (Å²) in [5.74, 6) is 0.332. The van der Waals surface area contributed by atoms with Crippen LogP contribution in [-0.4, -0.2) is 11.1 Å². The van der Waals surface area contributed by atoms with Crippen LogP contribution in [0.4, 0.5) is 18.9 Å². The molecular weight excluding hydrogens is 285 g/mol. The van der Waals surface area contributed by atoms with Gasteiger partial charge in [-0.25, -0.2) is 0 Å². The minimum absolute atomic E-state index is 0.223. The van der Waals surface area contributed by atoms with Crippen LogP contribution in [0.3, 0.4) is 0 Å². The molecule has 0 atom stereocenters. The van der Waals surface area contributed by atoms with E-state index in [0.29, 0.717) is 11.3 Å². The van der Waals surface area contributed by atoms with Crippen molar-refractivity contribution in [3.63, 3.8) is 0 Å². The molecule has 21 heavy (non-hydrogen) atoms. The average Bonchev–Trinajstić information content (AvgIpc) is 3.15. The molecule has 0 unspecified atom stereocenters. The highest BCUT2D eigenvalue weighted by Gasteiger charge is 2.33. The Morgan fingerprint density at radius 1 is 1.24 bits per heavy atom.